The van der Waals surface area contributed by atoms with Crippen molar-refractivity contribution in [2.75, 3.05) is 13.7 Å². The number of ether oxygens (including phenoxy) is 3. The van der Waals surface area contributed by atoms with Crippen molar-refractivity contribution in [3.8, 4) is 5.75 Å². The van der Waals surface area contributed by atoms with Gasteiger partial charge in [-0.1, -0.05) is 12.1 Å². The summed E-state index contributed by atoms with van der Waals surface area (Å²) in [5, 5.41) is 48.8. The molecule has 0 unspecified atom stereocenters. The fourth-order valence-corrected chi connectivity index (χ4v) is 2.59. The van der Waals surface area contributed by atoms with Crippen LogP contribution in [0.15, 0.2) is 24.3 Å². The molecule has 1 aliphatic heterocycles. The van der Waals surface area contributed by atoms with E-state index in [1.807, 2.05) is 0 Å². The van der Waals surface area contributed by atoms with Crippen molar-refractivity contribution in [2.24, 2.45) is 0 Å². The average molecular weight is 344 g/mol. The largest absolute Gasteiger partial charge is 0.497 e. The maximum absolute atomic E-state index is 10.0. The first-order valence-corrected chi connectivity index (χ1v) is 7.67. The summed E-state index contributed by atoms with van der Waals surface area (Å²) in [5.74, 6) is 0.635. The highest BCUT2D eigenvalue weighted by molar-refractivity contribution is 5.29. The Bertz CT molecular complexity index is 503. The third-order valence-electron chi connectivity index (χ3n) is 4.01. The summed E-state index contributed by atoms with van der Waals surface area (Å²) in [5.41, 5.74) is 0.614. The summed E-state index contributed by atoms with van der Waals surface area (Å²) < 4.78 is 16.0. The van der Waals surface area contributed by atoms with Crippen LogP contribution in [0.4, 0.5) is 0 Å². The molecule has 2 rings (SSSR count). The van der Waals surface area contributed by atoms with Gasteiger partial charge in [0.1, 0.15) is 36.3 Å². The Morgan fingerprint density at radius 3 is 2.21 bits per heavy atom. The lowest BCUT2D eigenvalue weighted by Gasteiger charge is -2.41. The summed E-state index contributed by atoms with van der Waals surface area (Å²) in [6, 6.07) is 6.78. The van der Waals surface area contributed by atoms with Crippen LogP contribution in [0.25, 0.3) is 0 Å². The van der Waals surface area contributed by atoms with Crippen molar-refractivity contribution >= 4 is 0 Å². The molecule has 0 amide bonds. The number of methoxy groups -OCH3 is 1. The Kier molecular flexibility index (Phi) is 6.53. The molecule has 0 spiro atoms. The zero-order valence-electron chi connectivity index (χ0n) is 13.5. The summed E-state index contributed by atoms with van der Waals surface area (Å²) in [7, 11) is 1.53. The molecule has 1 saturated heterocycles. The molecule has 24 heavy (non-hydrogen) atoms. The zero-order valence-corrected chi connectivity index (χ0v) is 13.5. The van der Waals surface area contributed by atoms with E-state index < -0.39 is 49.5 Å². The minimum absolute atomic E-state index is 0.549. The molecule has 0 aromatic heterocycles. The Morgan fingerprint density at radius 2 is 1.71 bits per heavy atom. The number of hydrogen-bond donors (Lipinski definition) is 5. The predicted molar refractivity (Wildman–Crippen MR) is 82.3 cm³/mol. The van der Waals surface area contributed by atoms with E-state index in [1.165, 1.54) is 14.0 Å². The standard InChI is InChI=1S/C16H24O8/c1-8(18)15(9-3-5-10(22-2)6-4-9)24-16-14(21)13(20)12(19)11(7-17)23-16/h3-6,8,11-21H,7H2,1-2H3/t8-,11+,12-,13-,14-,15-,16-/m1/s1. The van der Waals surface area contributed by atoms with Crippen molar-refractivity contribution in [1.82, 2.24) is 0 Å². The first-order chi connectivity index (χ1) is 11.4. The number of rotatable bonds is 6. The van der Waals surface area contributed by atoms with Crippen molar-refractivity contribution in [3.63, 3.8) is 0 Å². The maximum atomic E-state index is 10.0. The van der Waals surface area contributed by atoms with Gasteiger partial charge in [-0.05, 0) is 24.6 Å². The SMILES string of the molecule is COc1ccc([C@H](O[C@H]2O[C@@H](CO)[C@@H](O)[C@@H](O)[C@H]2O)[C@@H](C)O)cc1. The molecule has 0 radical (unpaired) electrons. The monoisotopic (exact) mass is 344 g/mol. The number of benzene rings is 1. The van der Waals surface area contributed by atoms with E-state index in [-0.39, 0.29) is 0 Å². The molecule has 136 valence electrons. The van der Waals surface area contributed by atoms with E-state index in [0.717, 1.165) is 0 Å². The topological polar surface area (TPSA) is 129 Å². The fourth-order valence-electron chi connectivity index (χ4n) is 2.59. The van der Waals surface area contributed by atoms with Crippen LogP contribution in [-0.4, -0.2) is 76.1 Å². The van der Waals surface area contributed by atoms with Crippen LogP contribution in [-0.2, 0) is 9.47 Å². The quantitative estimate of drug-likeness (QED) is 0.441. The van der Waals surface area contributed by atoms with Gasteiger partial charge >= 0.3 is 0 Å². The highest BCUT2D eigenvalue weighted by Crippen LogP contribution is 2.30. The second kappa shape index (κ2) is 8.21. The first-order valence-electron chi connectivity index (χ1n) is 7.67. The third-order valence-corrected chi connectivity index (χ3v) is 4.01. The molecule has 0 aliphatic carbocycles. The van der Waals surface area contributed by atoms with Gasteiger partial charge in [-0.25, -0.2) is 0 Å². The van der Waals surface area contributed by atoms with Gasteiger partial charge in [0, 0.05) is 0 Å². The van der Waals surface area contributed by atoms with Crippen LogP contribution in [0.5, 0.6) is 5.75 Å². The van der Waals surface area contributed by atoms with Gasteiger partial charge in [0.15, 0.2) is 6.29 Å². The van der Waals surface area contributed by atoms with E-state index in [1.54, 1.807) is 24.3 Å². The smallest absolute Gasteiger partial charge is 0.187 e. The minimum Gasteiger partial charge on any atom is -0.497 e. The van der Waals surface area contributed by atoms with Crippen molar-refractivity contribution in [3.05, 3.63) is 29.8 Å². The molecule has 0 saturated carbocycles. The van der Waals surface area contributed by atoms with Gasteiger partial charge < -0.3 is 39.7 Å². The summed E-state index contributed by atoms with van der Waals surface area (Å²) in [6.45, 7) is 0.964. The summed E-state index contributed by atoms with van der Waals surface area (Å²) >= 11 is 0. The van der Waals surface area contributed by atoms with Crippen molar-refractivity contribution in [2.45, 2.75) is 49.8 Å². The molecule has 8 nitrogen and oxygen atoms in total. The lowest BCUT2D eigenvalue weighted by Crippen LogP contribution is -2.59. The molecule has 8 heteroatoms. The van der Waals surface area contributed by atoms with Crippen molar-refractivity contribution < 1.29 is 39.7 Å². The molecule has 1 heterocycles. The van der Waals surface area contributed by atoms with Crippen LogP contribution in [0, 0.1) is 0 Å². The Hall–Kier alpha value is -1.26. The van der Waals surface area contributed by atoms with E-state index >= 15 is 0 Å². The Balaban J connectivity index is 2.17. The van der Waals surface area contributed by atoms with E-state index in [9.17, 15) is 25.5 Å². The molecule has 1 aromatic rings. The van der Waals surface area contributed by atoms with E-state index in [0.29, 0.717) is 11.3 Å². The highest BCUT2D eigenvalue weighted by Gasteiger charge is 2.45. The molecule has 5 N–H and O–H groups in total. The van der Waals surface area contributed by atoms with Gasteiger partial charge in [-0.3, -0.25) is 0 Å². The molecule has 7 atom stereocenters. The molecule has 0 bridgehead atoms. The molecule has 1 aliphatic rings. The van der Waals surface area contributed by atoms with Gasteiger partial charge in [-0.2, -0.15) is 0 Å². The Labute approximate surface area is 139 Å². The normalized spacial score (nSPS) is 33.0. The summed E-state index contributed by atoms with van der Waals surface area (Å²) in [4.78, 5) is 0. The van der Waals surface area contributed by atoms with Gasteiger partial charge in [0.2, 0.25) is 0 Å². The van der Waals surface area contributed by atoms with Crippen LogP contribution >= 0.6 is 0 Å². The van der Waals surface area contributed by atoms with Gasteiger partial charge in [0.05, 0.1) is 19.8 Å². The van der Waals surface area contributed by atoms with Gasteiger partial charge in [0.25, 0.3) is 0 Å². The fraction of sp³-hybridized carbons (Fsp3) is 0.625. The minimum atomic E-state index is -1.54. The van der Waals surface area contributed by atoms with Crippen LogP contribution in [0.3, 0.4) is 0 Å². The van der Waals surface area contributed by atoms with E-state index in [4.69, 9.17) is 14.2 Å². The number of hydrogen-bond acceptors (Lipinski definition) is 8. The van der Waals surface area contributed by atoms with Crippen molar-refractivity contribution in [1.29, 1.82) is 0 Å². The zero-order chi connectivity index (χ0) is 17.9. The second-order valence-corrected chi connectivity index (χ2v) is 5.77. The Morgan fingerprint density at radius 1 is 1.08 bits per heavy atom. The third kappa shape index (κ3) is 4.04. The molecular weight excluding hydrogens is 320 g/mol. The molecule has 1 fully saturated rings. The summed E-state index contributed by atoms with van der Waals surface area (Å²) in [6.07, 6.45) is -8.70. The predicted octanol–water partition coefficient (Wildman–Crippen LogP) is -1.07. The first kappa shape index (κ1) is 19.1. The second-order valence-electron chi connectivity index (χ2n) is 5.77. The van der Waals surface area contributed by atoms with Crippen LogP contribution in [0.2, 0.25) is 0 Å². The van der Waals surface area contributed by atoms with Gasteiger partial charge in [-0.15, -0.1) is 0 Å². The van der Waals surface area contributed by atoms with E-state index in [2.05, 4.69) is 0 Å². The molecular formula is C16H24O8. The van der Waals surface area contributed by atoms with Crippen LogP contribution in [0.1, 0.15) is 18.6 Å². The lowest BCUT2D eigenvalue weighted by atomic mass is 9.99. The number of aliphatic hydroxyl groups excluding tert-OH is 5. The maximum Gasteiger partial charge on any atom is 0.187 e. The number of aliphatic hydroxyl groups is 5. The highest BCUT2D eigenvalue weighted by atomic mass is 16.7. The lowest BCUT2D eigenvalue weighted by molar-refractivity contribution is -0.317. The average Bonchev–Trinajstić information content (AvgIpc) is 2.59. The molecule has 1 aromatic carbocycles. The van der Waals surface area contributed by atoms with Crippen LogP contribution < -0.4 is 4.74 Å².